The number of amides is 1. The standard InChI is InChI=1S/C20H21NO3.CH4/c1-24-20(23)18(12-14-8-4-2-5-9-14)21-19(22)17-13-16(17)15-10-6-3-7-11-15;/h2-11,16-18H,12-13H2,1H3,(H,21,22);1H4/t16-,17+,18?;/m0./s1. The van der Waals surface area contributed by atoms with E-state index in [4.69, 9.17) is 4.74 Å². The Hall–Kier alpha value is -2.62. The predicted molar refractivity (Wildman–Crippen MR) is 98.1 cm³/mol. The van der Waals surface area contributed by atoms with Gasteiger partial charge < -0.3 is 10.1 Å². The molecule has 2 aromatic rings. The van der Waals surface area contributed by atoms with Crippen molar-refractivity contribution in [1.82, 2.24) is 5.32 Å². The van der Waals surface area contributed by atoms with Gasteiger partial charge in [-0.1, -0.05) is 68.1 Å². The van der Waals surface area contributed by atoms with E-state index in [1.807, 2.05) is 60.7 Å². The zero-order valence-electron chi connectivity index (χ0n) is 13.6. The van der Waals surface area contributed by atoms with E-state index >= 15 is 0 Å². The van der Waals surface area contributed by atoms with Crippen LogP contribution in [0.2, 0.25) is 0 Å². The van der Waals surface area contributed by atoms with Crippen molar-refractivity contribution in [1.29, 1.82) is 0 Å². The van der Waals surface area contributed by atoms with Gasteiger partial charge in [-0.3, -0.25) is 4.79 Å². The maximum atomic E-state index is 12.5. The van der Waals surface area contributed by atoms with Crippen LogP contribution in [0.4, 0.5) is 0 Å². The second-order valence-electron chi connectivity index (χ2n) is 6.13. The van der Waals surface area contributed by atoms with E-state index < -0.39 is 12.0 Å². The SMILES string of the molecule is C.COC(=O)C(Cc1ccccc1)NC(=O)[C@@H]1C[C@H]1c1ccccc1. The van der Waals surface area contributed by atoms with E-state index in [-0.39, 0.29) is 25.2 Å². The lowest BCUT2D eigenvalue weighted by molar-refractivity contribution is -0.145. The number of rotatable bonds is 6. The normalized spacial score (nSPS) is 19.2. The minimum absolute atomic E-state index is 0. The van der Waals surface area contributed by atoms with Crippen molar-refractivity contribution in [3.05, 3.63) is 71.8 Å². The maximum absolute atomic E-state index is 12.5. The molecule has 1 fully saturated rings. The molecule has 0 radical (unpaired) electrons. The molecule has 0 bridgehead atoms. The van der Waals surface area contributed by atoms with Gasteiger partial charge in [0, 0.05) is 12.3 Å². The lowest BCUT2D eigenvalue weighted by Crippen LogP contribution is -2.43. The highest BCUT2D eigenvalue weighted by Crippen LogP contribution is 2.47. The minimum Gasteiger partial charge on any atom is -0.467 e. The summed E-state index contributed by atoms with van der Waals surface area (Å²) in [7, 11) is 1.34. The summed E-state index contributed by atoms with van der Waals surface area (Å²) in [6, 6.07) is 19.0. The third-order valence-electron chi connectivity index (χ3n) is 4.44. The van der Waals surface area contributed by atoms with Gasteiger partial charge in [-0.15, -0.1) is 0 Å². The van der Waals surface area contributed by atoms with Crippen molar-refractivity contribution < 1.29 is 14.3 Å². The van der Waals surface area contributed by atoms with E-state index in [2.05, 4.69) is 5.32 Å². The van der Waals surface area contributed by atoms with Gasteiger partial charge in [-0.25, -0.2) is 4.79 Å². The van der Waals surface area contributed by atoms with Crippen LogP contribution in [0.1, 0.15) is 30.9 Å². The molecule has 1 aliphatic carbocycles. The molecule has 0 saturated heterocycles. The van der Waals surface area contributed by atoms with Crippen LogP contribution >= 0.6 is 0 Å². The lowest BCUT2D eigenvalue weighted by atomic mass is 10.1. The van der Waals surface area contributed by atoms with Crippen LogP contribution in [-0.4, -0.2) is 25.0 Å². The van der Waals surface area contributed by atoms with Crippen LogP contribution in [0, 0.1) is 5.92 Å². The van der Waals surface area contributed by atoms with Gasteiger partial charge >= 0.3 is 5.97 Å². The van der Waals surface area contributed by atoms with Gasteiger partial charge in [-0.05, 0) is 23.5 Å². The average molecular weight is 339 g/mol. The van der Waals surface area contributed by atoms with Crippen molar-refractivity contribution in [2.75, 3.05) is 7.11 Å². The Morgan fingerprint density at radius 1 is 1.08 bits per heavy atom. The minimum atomic E-state index is -0.651. The number of esters is 1. The first-order chi connectivity index (χ1) is 11.7. The number of benzene rings is 2. The van der Waals surface area contributed by atoms with Gasteiger partial charge in [0.15, 0.2) is 0 Å². The third kappa shape index (κ3) is 4.69. The first kappa shape index (κ1) is 18.7. The van der Waals surface area contributed by atoms with Crippen LogP contribution in [-0.2, 0) is 20.7 Å². The largest absolute Gasteiger partial charge is 0.467 e. The Kier molecular flexibility index (Phi) is 6.34. The smallest absolute Gasteiger partial charge is 0.328 e. The highest BCUT2D eigenvalue weighted by atomic mass is 16.5. The molecule has 4 nitrogen and oxygen atoms in total. The van der Waals surface area contributed by atoms with Crippen LogP contribution in [0.15, 0.2) is 60.7 Å². The van der Waals surface area contributed by atoms with Crippen LogP contribution in [0.3, 0.4) is 0 Å². The topological polar surface area (TPSA) is 55.4 Å². The summed E-state index contributed by atoms with van der Waals surface area (Å²) in [4.78, 5) is 24.5. The molecule has 1 N–H and O–H groups in total. The number of ether oxygens (including phenoxy) is 1. The molecule has 2 aromatic carbocycles. The van der Waals surface area contributed by atoms with Crippen molar-refractivity contribution in [2.45, 2.75) is 32.2 Å². The maximum Gasteiger partial charge on any atom is 0.328 e. The number of nitrogens with one attached hydrogen (secondary N) is 1. The predicted octanol–water partition coefficient (Wildman–Crippen LogP) is 3.33. The zero-order chi connectivity index (χ0) is 16.9. The lowest BCUT2D eigenvalue weighted by Gasteiger charge is -2.16. The molecule has 0 aliphatic heterocycles. The molecule has 4 heteroatoms. The van der Waals surface area contributed by atoms with E-state index in [1.54, 1.807) is 0 Å². The van der Waals surface area contributed by atoms with E-state index in [1.165, 1.54) is 12.7 Å². The van der Waals surface area contributed by atoms with Gasteiger partial charge in [0.05, 0.1) is 7.11 Å². The molecule has 0 aromatic heterocycles. The molecule has 0 heterocycles. The molecule has 25 heavy (non-hydrogen) atoms. The molecule has 0 spiro atoms. The van der Waals surface area contributed by atoms with Crippen LogP contribution < -0.4 is 5.32 Å². The Morgan fingerprint density at radius 2 is 1.68 bits per heavy atom. The molecule has 1 aliphatic rings. The molecule has 1 saturated carbocycles. The summed E-state index contributed by atoms with van der Waals surface area (Å²) >= 11 is 0. The molecular formula is C21H25NO3. The first-order valence-corrected chi connectivity index (χ1v) is 8.16. The number of carbonyl (C=O) groups is 2. The Bertz CT molecular complexity index is 700. The fraction of sp³-hybridized carbons (Fsp3) is 0.333. The summed E-state index contributed by atoms with van der Waals surface area (Å²) in [6.07, 6.45) is 1.26. The molecular weight excluding hydrogens is 314 g/mol. The third-order valence-corrected chi connectivity index (χ3v) is 4.44. The van der Waals surface area contributed by atoms with Crippen molar-refractivity contribution in [2.24, 2.45) is 5.92 Å². The van der Waals surface area contributed by atoms with Gasteiger partial charge in [-0.2, -0.15) is 0 Å². The van der Waals surface area contributed by atoms with Crippen molar-refractivity contribution >= 4 is 11.9 Å². The summed E-state index contributed by atoms with van der Waals surface area (Å²) in [5.41, 5.74) is 2.17. The number of methoxy groups -OCH3 is 1. The zero-order valence-corrected chi connectivity index (χ0v) is 13.6. The second kappa shape index (κ2) is 8.47. The molecule has 3 rings (SSSR count). The van der Waals surface area contributed by atoms with E-state index in [0.29, 0.717) is 6.42 Å². The Labute approximate surface area is 149 Å². The summed E-state index contributed by atoms with van der Waals surface area (Å²) in [6.45, 7) is 0. The monoisotopic (exact) mass is 339 g/mol. The van der Waals surface area contributed by atoms with Crippen molar-refractivity contribution in [3.63, 3.8) is 0 Å². The highest BCUT2D eigenvalue weighted by Gasteiger charge is 2.44. The summed E-state index contributed by atoms with van der Waals surface area (Å²) in [5, 5.41) is 2.86. The fourth-order valence-electron chi connectivity index (χ4n) is 3.02. The first-order valence-electron chi connectivity index (χ1n) is 8.16. The average Bonchev–Trinajstić information content (AvgIpc) is 3.43. The van der Waals surface area contributed by atoms with Gasteiger partial charge in [0.2, 0.25) is 5.91 Å². The summed E-state index contributed by atoms with van der Waals surface area (Å²) in [5.74, 6) is -0.296. The fourth-order valence-corrected chi connectivity index (χ4v) is 3.02. The van der Waals surface area contributed by atoms with Gasteiger partial charge in [0.1, 0.15) is 6.04 Å². The van der Waals surface area contributed by atoms with E-state index in [9.17, 15) is 9.59 Å². The van der Waals surface area contributed by atoms with Crippen LogP contribution in [0.25, 0.3) is 0 Å². The molecule has 1 amide bonds. The number of hydrogen-bond donors (Lipinski definition) is 1. The van der Waals surface area contributed by atoms with Gasteiger partial charge in [0.25, 0.3) is 0 Å². The second-order valence-corrected chi connectivity index (χ2v) is 6.13. The van der Waals surface area contributed by atoms with Crippen molar-refractivity contribution in [3.8, 4) is 0 Å². The Balaban J connectivity index is 0.00000225. The quantitative estimate of drug-likeness (QED) is 0.822. The highest BCUT2D eigenvalue weighted by molar-refractivity contribution is 5.88. The molecule has 132 valence electrons. The Morgan fingerprint density at radius 3 is 2.28 bits per heavy atom. The van der Waals surface area contributed by atoms with E-state index in [0.717, 1.165) is 12.0 Å². The molecule has 3 atom stereocenters. The number of carbonyl (C=O) groups excluding carboxylic acids is 2. The molecule has 1 unspecified atom stereocenters. The summed E-state index contributed by atoms with van der Waals surface area (Å²) < 4.78 is 4.84. The van der Waals surface area contributed by atoms with Crippen LogP contribution in [0.5, 0.6) is 0 Å². The number of hydrogen-bond acceptors (Lipinski definition) is 3.